The molecule has 3 aliphatic rings. The number of hydrogen-bond acceptors (Lipinski definition) is 5. The summed E-state index contributed by atoms with van der Waals surface area (Å²) in [4.78, 5) is 54.1. The van der Waals surface area contributed by atoms with E-state index in [0.29, 0.717) is 74.3 Å². The van der Waals surface area contributed by atoms with Crippen molar-refractivity contribution < 1.29 is 24.2 Å². The minimum Gasteiger partial charge on any atom is -0.664 e. The summed E-state index contributed by atoms with van der Waals surface area (Å²) in [5.74, 6) is -2.68. The van der Waals surface area contributed by atoms with Crippen LogP contribution in [0.5, 0.6) is 0 Å². The maximum Gasteiger partial charge on any atom is 2.00 e. The van der Waals surface area contributed by atoms with Gasteiger partial charge in [-0.1, -0.05) is 80.3 Å². The summed E-state index contributed by atoms with van der Waals surface area (Å²) in [7, 11) is 0. The van der Waals surface area contributed by atoms with E-state index in [1.165, 1.54) is 0 Å². The first kappa shape index (κ1) is 31.6. The third-order valence-corrected chi connectivity index (χ3v) is 9.07. The third-order valence-electron chi connectivity index (χ3n) is 9.07. The number of carbonyl (C=O) groups is 3. The number of fused-ring (bicyclic) bond motifs is 7. The molecule has 3 atom stereocenters. The monoisotopic (exact) mass is 600 g/mol. The van der Waals surface area contributed by atoms with Crippen LogP contribution in [0.15, 0.2) is 18.0 Å². The Morgan fingerprint density at radius 2 is 1.73 bits per heavy atom. The summed E-state index contributed by atoms with van der Waals surface area (Å²) in [6.07, 6.45) is 9.38. The molecule has 10 heteroatoms. The van der Waals surface area contributed by atoms with E-state index in [9.17, 15) is 19.5 Å². The molecule has 6 rings (SSSR count). The van der Waals surface area contributed by atoms with Crippen molar-refractivity contribution in [3.8, 4) is 0 Å². The Bertz CT molecular complexity index is 1920. The second-order valence-corrected chi connectivity index (χ2v) is 11.2. The van der Waals surface area contributed by atoms with Crippen molar-refractivity contribution in [3.63, 3.8) is 0 Å². The molecule has 1 N–H and O–H groups in total. The SMILES string of the molecule is C=Cc1c2[n-]c(c1C)/C=C1\[N-]/C(=C3\c4[n-]c(c(C)c4C(=O)[C@@H]3C(=O)OCO)/C=c3\[n-]/c(c(C=O)c3CC)=C\2)[C@@H](CC)[C@@H]1C.[Mg+2]. The topological polar surface area (TPSA) is 137 Å². The molecule has 1 saturated heterocycles. The van der Waals surface area contributed by atoms with Gasteiger partial charge in [0, 0.05) is 11.1 Å². The van der Waals surface area contributed by atoms with Crippen molar-refractivity contribution >= 4 is 71.0 Å². The molecule has 2 aliphatic heterocycles. The number of aromatic nitrogens is 3. The van der Waals surface area contributed by atoms with Gasteiger partial charge in [-0.05, 0) is 37.7 Å². The first-order valence-electron chi connectivity index (χ1n) is 14.5. The molecule has 0 unspecified atom stereocenters. The molecule has 1 aliphatic carbocycles. The van der Waals surface area contributed by atoms with Crippen LogP contribution in [0.25, 0.3) is 35.2 Å². The molecule has 1 fully saturated rings. The van der Waals surface area contributed by atoms with Gasteiger partial charge in [0.05, 0.1) is 0 Å². The molecule has 5 heterocycles. The molecule has 3 aromatic rings. The summed E-state index contributed by atoms with van der Waals surface area (Å²) >= 11 is 0. The first-order valence-corrected chi connectivity index (χ1v) is 14.5. The second kappa shape index (κ2) is 11.9. The Morgan fingerprint density at radius 3 is 2.36 bits per heavy atom. The Kier molecular flexibility index (Phi) is 8.54. The maximum absolute atomic E-state index is 13.9. The van der Waals surface area contributed by atoms with Gasteiger partial charge in [0.25, 0.3) is 0 Å². The summed E-state index contributed by atoms with van der Waals surface area (Å²) in [5, 5.41) is 15.5. The number of ketones is 1. The summed E-state index contributed by atoms with van der Waals surface area (Å²) in [5.41, 5.74) is 8.04. The van der Waals surface area contributed by atoms with Crippen LogP contribution in [-0.4, -0.2) is 53.0 Å². The van der Waals surface area contributed by atoms with Crippen LogP contribution in [-0.2, 0) is 16.0 Å². The number of Topliss-reactive ketones (excluding diaryl/α,β-unsaturated/α-hetero) is 1. The molecule has 8 bridgehead atoms. The maximum atomic E-state index is 13.9. The van der Waals surface area contributed by atoms with E-state index < -0.39 is 24.5 Å². The van der Waals surface area contributed by atoms with Crippen molar-refractivity contribution in [2.45, 2.75) is 47.5 Å². The van der Waals surface area contributed by atoms with Crippen LogP contribution in [0.3, 0.4) is 0 Å². The quantitative estimate of drug-likeness (QED) is 0.150. The average molecular weight is 601 g/mol. The zero-order chi connectivity index (χ0) is 30.7. The van der Waals surface area contributed by atoms with Gasteiger partial charge in [-0.2, -0.15) is 11.4 Å². The molecule has 0 aromatic carbocycles. The minimum absolute atomic E-state index is 0. The minimum atomic E-state index is -1.28. The summed E-state index contributed by atoms with van der Waals surface area (Å²) in [6, 6.07) is 0. The van der Waals surface area contributed by atoms with Gasteiger partial charge in [0.15, 0.2) is 12.6 Å². The fourth-order valence-corrected chi connectivity index (χ4v) is 6.79. The van der Waals surface area contributed by atoms with Crippen LogP contribution in [0.4, 0.5) is 0 Å². The Morgan fingerprint density at radius 1 is 1.02 bits per heavy atom. The van der Waals surface area contributed by atoms with Crippen molar-refractivity contribution in [2.75, 3.05) is 6.79 Å². The van der Waals surface area contributed by atoms with Crippen LogP contribution >= 0.6 is 0 Å². The van der Waals surface area contributed by atoms with Crippen molar-refractivity contribution in [2.24, 2.45) is 17.8 Å². The predicted octanol–water partition coefficient (Wildman–Crippen LogP) is 2.89. The van der Waals surface area contributed by atoms with E-state index >= 15 is 0 Å². The van der Waals surface area contributed by atoms with Crippen molar-refractivity contribution in [1.82, 2.24) is 15.0 Å². The Hall–Kier alpha value is -3.86. The molecule has 0 amide bonds. The molecule has 0 spiro atoms. The number of nitrogens with zero attached hydrogens (tertiary/aromatic N) is 4. The number of hydrogen-bond donors (Lipinski definition) is 1. The van der Waals surface area contributed by atoms with E-state index in [0.717, 1.165) is 28.7 Å². The molecular weight excluding hydrogens is 569 g/mol. The number of allylic oxidation sites excluding steroid dienone is 2. The van der Waals surface area contributed by atoms with Gasteiger partial charge in [-0.25, -0.2) is 0 Å². The largest absolute Gasteiger partial charge is 2.00 e. The van der Waals surface area contributed by atoms with E-state index in [4.69, 9.17) is 25.0 Å². The second-order valence-electron chi connectivity index (χ2n) is 11.2. The number of carbonyl (C=O) groups excluding carboxylic acids is 3. The number of esters is 1. The third kappa shape index (κ3) is 4.58. The molecule has 0 saturated carbocycles. The van der Waals surface area contributed by atoms with Crippen LogP contribution in [0, 0.1) is 31.6 Å². The molecule has 0 radical (unpaired) electrons. The predicted molar refractivity (Wildman–Crippen MR) is 168 cm³/mol. The van der Waals surface area contributed by atoms with Gasteiger partial charge in [0.2, 0.25) is 0 Å². The number of rotatable bonds is 6. The van der Waals surface area contributed by atoms with E-state index in [1.54, 1.807) is 19.1 Å². The molecular formula is C34H32MgN4O5-2. The number of aldehydes is 1. The van der Waals surface area contributed by atoms with Gasteiger partial charge < -0.3 is 30.1 Å². The summed E-state index contributed by atoms with van der Waals surface area (Å²) < 4.78 is 4.97. The van der Waals surface area contributed by atoms with Crippen LogP contribution in [0.1, 0.15) is 92.9 Å². The van der Waals surface area contributed by atoms with Gasteiger partial charge >= 0.3 is 29.0 Å². The normalized spacial score (nSPS) is 24.3. The number of aliphatic hydroxyl groups excluding tert-OH is 1. The summed E-state index contributed by atoms with van der Waals surface area (Å²) in [6.45, 7) is 13.0. The molecule has 222 valence electrons. The van der Waals surface area contributed by atoms with E-state index in [-0.39, 0.29) is 34.9 Å². The van der Waals surface area contributed by atoms with Crippen molar-refractivity contribution in [3.05, 3.63) is 90.1 Å². The van der Waals surface area contributed by atoms with E-state index in [1.807, 2.05) is 26.0 Å². The van der Waals surface area contributed by atoms with Gasteiger partial charge in [-0.15, -0.1) is 33.5 Å². The van der Waals surface area contributed by atoms with E-state index in [2.05, 4.69) is 20.4 Å². The fourth-order valence-electron chi connectivity index (χ4n) is 6.79. The molecule has 9 nitrogen and oxygen atoms in total. The van der Waals surface area contributed by atoms with Gasteiger partial charge in [-0.3, -0.25) is 14.4 Å². The zero-order valence-corrected chi connectivity index (χ0v) is 26.9. The zero-order valence-electron chi connectivity index (χ0n) is 25.5. The van der Waals surface area contributed by atoms with Crippen LogP contribution in [0.2, 0.25) is 0 Å². The number of ether oxygens (including phenoxy) is 1. The Labute approximate surface area is 271 Å². The fraction of sp³-hybridized carbons (Fsp3) is 0.324. The smallest absolute Gasteiger partial charge is 0.664 e. The first-order chi connectivity index (χ1) is 20.7. The Balaban J connectivity index is 0.00000384. The number of aliphatic hydroxyl groups is 1. The standard InChI is InChI=1S/C34H33N4O5.Mg/c1-7-18-15(4)22-10-23-16(5)19(8-2)31(37-23)29-30(34(42)43-14-40)33(41)28-17(6)24(38-32(28)29)11-26-20(9-3)21(13-39)27(36-26)12-25(18)35-22;/h7,10-13,16,19,30,40H,1,8-9,14H2,2-6H3,(H-,37,38,39,41);/q-3;+2/p-1/b23-10-,27-12-;/t16-,19-,30+;/m0./s1. The van der Waals surface area contributed by atoms with Crippen LogP contribution < -0.4 is 25.7 Å². The average Bonchev–Trinajstić information content (AvgIpc) is 3.73. The van der Waals surface area contributed by atoms with Crippen molar-refractivity contribution in [1.29, 1.82) is 0 Å². The molecule has 44 heavy (non-hydrogen) atoms. The van der Waals surface area contributed by atoms with Gasteiger partial charge in [0.1, 0.15) is 12.2 Å². The molecule has 3 aromatic heterocycles.